The van der Waals surface area contributed by atoms with Gasteiger partial charge in [0, 0.05) is 0 Å². The predicted octanol–water partition coefficient (Wildman–Crippen LogP) is 2.20. The van der Waals surface area contributed by atoms with Gasteiger partial charge in [-0.05, 0) is 0 Å². The normalized spacial score (nSPS) is 15.2. The molecule has 2 rings (SSSR count). The molecule has 0 bridgehead atoms. The van der Waals surface area contributed by atoms with Crippen LogP contribution in [0.25, 0.3) is 5.76 Å². The fourth-order valence-corrected chi connectivity index (χ4v) is 1.50. The Morgan fingerprint density at radius 1 is 0.667 bits per heavy atom. The summed E-state index contributed by atoms with van der Waals surface area (Å²) in [5, 5.41) is 9.07. The molecule has 8 heteroatoms. The maximum Gasteiger partial charge on any atom is 0.265 e. The second kappa shape index (κ2) is 3.62. The monoisotopic (exact) mass is 264 g/mol. The lowest BCUT2D eigenvalue weighted by Gasteiger charge is -2.15. The zero-order valence-corrected chi connectivity index (χ0v) is 8.15. The van der Waals surface area contributed by atoms with E-state index in [2.05, 4.69) is 0 Å². The molecule has 0 aliphatic heterocycles. The first-order valence-corrected chi connectivity index (χ1v) is 4.33. The molecule has 1 aromatic rings. The summed E-state index contributed by atoms with van der Waals surface area (Å²) in [5.74, 6) is -16.7. The van der Waals surface area contributed by atoms with Crippen molar-refractivity contribution in [3.8, 4) is 0 Å². The molecule has 1 N–H and O–H groups in total. The number of halogens is 5. The van der Waals surface area contributed by atoms with Crippen LogP contribution in [-0.2, 0) is 4.79 Å². The van der Waals surface area contributed by atoms with Gasteiger partial charge < -0.3 is 5.11 Å². The van der Waals surface area contributed by atoms with E-state index >= 15 is 0 Å². The van der Waals surface area contributed by atoms with Crippen LogP contribution in [0.5, 0.6) is 0 Å². The Morgan fingerprint density at radius 3 is 1.61 bits per heavy atom. The molecule has 0 aromatic heterocycles. The van der Waals surface area contributed by atoms with E-state index in [0.29, 0.717) is 0 Å². The maximum absolute atomic E-state index is 13.2. The molecule has 3 nitrogen and oxygen atoms in total. The topological polar surface area (TPSA) is 54.4 Å². The van der Waals surface area contributed by atoms with E-state index < -0.39 is 57.5 Å². The summed E-state index contributed by atoms with van der Waals surface area (Å²) in [6, 6.07) is 0. The first-order chi connectivity index (χ1) is 8.29. The van der Waals surface area contributed by atoms with E-state index in [1.165, 1.54) is 0 Å². The van der Waals surface area contributed by atoms with Gasteiger partial charge in [-0.25, -0.2) is 17.6 Å². The summed E-state index contributed by atoms with van der Waals surface area (Å²) in [6.07, 6.45) is 0. The van der Waals surface area contributed by atoms with Crippen molar-refractivity contribution in [1.29, 1.82) is 0 Å². The van der Waals surface area contributed by atoms with Gasteiger partial charge in [0.15, 0.2) is 29.0 Å². The first-order valence-electron chi connectivity index (χ1n) is 4.33. The molecule has 18 heavy (non-hydrogen) atoms. The third-order valence-corrected chi connectivity index (χ3v) is 2.34. The van der Waals surface area contributed by atoms with Gasteiger partial charge in [-0.15, -0.1) is 0 Å². The Kier molecular flexibility index (Phi) is 2.46. The molecular weight excluding hydrogens is 263 g/mol. The molecule has 1 aromatic carbocycles. The SMILES string of the molecule is O=C1C(=O)c2c(F)c(F)c(F)c(F)c2C(O)=C1F. The maximum atomic E-state index is 13.2. The summed E-state index contributed by atoms with van der Waals surface area (Å²) < 4.78 is 65.2. The fraction of sp³-hybridized carbons (Fsp3) is 0. The molecule has 0 unspecified atom stereocenters. The van der Waals surface area contributed by atoms with Crippen LogP contribution in [0.2, 0.25) is 0 Å². The fourth-order valence-electron chi connectivity index (χ4n) is 1.50. The molecule has 0 spiro atoms. The second-order valence-electron chi connectivity index (χ2n) is 3.33. The number of aliphatic hydroxyl groups excluding tert-OH is 1. The molecule has 0 amide bonds. The number of carbonyl (C=O) groups excluding carboxylic acids is 2. The highest BCUT2D eigenvalue weighted by Gasteiger charge is 2.41. The molecule has 94 valence electrons. The van der Waals surface area contributed by atoms with Gasteiger partial charge in [-0.3, -0.25) is 9.59 Å². The molecule has 0 saturated carbocycles. The zero-order valence-electron chi connectivity index (χ0n) is 8.15. The van der Waals surface area contributed by atoms with Gasteiger partial charge in [0.25, 0.3) is 5.78 Å². The highest BCUT2D eigenvalue weighted by Crippen LogP contribution is 2.34. The van der Waals surface area contributed by atoms with Crippen molar-refractivity contribution in [2.24, 2.45) is 0 Å². The van der Waals surface area contributed by atoms with Crippen molar-refractivity contribution in [1.82, 2.24) is 0 Å². The Bertz CT molecular complexity index is 648. The number of rotatable bonds is 0. The average Bonchev–Trinajstić information content (AvgIpc) is 2.35. The van der Waals surface area contributed by atoms with Crippen molar-refractivity contribution in [3.63, 3.8) is 0 Å². The van der Waals surface area contributed by atoms with Gasteiger partial charge in [-0.1, -0.05) is 0 Å². The number of allylic oxidation sites excluding steroid dienone is 1. The molecule has 1 aliphatic carbocycles. The van der Waals surface area contributed by atoms with Crippen LogP contribution in [0.4, 0.5) is 22.0 Å². The predicted molar refractivity (Wildman–Crippen MR) is 46.3 cm³/mol. The number of ketones is 2. The summed E-state index contributed by atoms with van der Waals surface area (Å²) >= 11 is 0. The van der Waals surface area contributed by atoms with Crippen molar-refractivity contribution in [3.05, 3.63) is 40.2 Å². The number of benzene rings is 1. The zero-order chi connectivity index (χ0) is 13.8. The lowest BCUT2D eigenvalue weighted by atomic mass is 9.91. The van der Waals surface area contributed by atoms with Gasteiger partial charge in [0.1, 0.15) is 0 Å². The Hall–Kier alpha value is -2.25. The van der Waals surface area contributed by atoms with Crippen LogP contribution in [-0.4, -0.2) is 16.7 Å². The van der Waals surface area contributed by atoms with E-state index in [4.69, 9.17) is 5.11 Å². The molecular formula is C10HF5O3. The molecule has 0 atom stereocenters. The van der Waals surface area contributed by atoms with E-state index in [0.717, 1.165) is 0 Å². The van der Waals surface area contributed by atoms with Gasteiger partial charge in [0.2, 0.25) is 11.6 Å². The van der Waals surface area contributed by atoms with E-state index in [9.17, 15) is 31.5 Å². The number of Topliss-reactive ketones (excluding diaryl/α,β-unsaturated/α-hetero) is 2. The molecule has 1 aliphatic rings. The van der Waals surface area contributed by atoms with E-state index in [1.807, 2.05) is 0 Å². The minimum atomic E-state index is -2.33. The molecule has 0 fully saturated rings. The minimum absolute atomic E-state index is 1.51. The average molecular weight is 264 g/mol. The molecule has 0 saturated heterocycles. The van der Waals surface area contributed by atoms with Crippen molar-refractivity contribution >= 4 is 17.3 Å². The Balaban J connectivity index is 3.01. The quantitative estimate of drug-likeness (QED) is 0.338. The number of fused-ring (bicyclic) bond motifs is 1. The van der Waals surface area contributed by atoms with Crippen molar-refractivity contribution in [2.45, 2.75) is 0 Å². The van der Waals surface area contributed by atoms with Crippen LogP contribution in [0.3, 0.4) is 0 Å². The van der Waals surface area contributed by atoms with Crippen LogP contribution in [0, 0.1) is 23.3 Å². The standard InChI is InChI=1S/C10HF5O3/c11-3-1-2(4(12)6(14)5(3)13)9(17)10(18)7(15)8(1)16/h16H. The molecule has 0 radical (unpaired) electrons. The molecule has 0 heterocycles. The smallest absolute Gasteiger partial charge is 0.265 e. The van der Waals surface area contributed by atoms with E-state index in [-0.39, 0.29) is 0 Å². The lowest BCUT2D eigenvalue weighted by Crippen LogP contribution is -2.26. The summed E-state index contributed by atoms with van der Waals surface area (Å²) in [7, 11) is 0. The van der Waals surface area contributed by atoms with Crippen molar-refractivity contribution < 1.29 is 36.6 Å². The number of hydrogen-bond donors (Lipinski definition) is 1. The van der Waals surface area contributed by atoms with E-state index in [1.54, 1.807) is 0 Å². The van der Waals surface area contributed by atoms with Crippen LogP contribution < -0.4 is 0 Å². The van der Waals surface area contributed by atoms with Crippen molar-refractivity contribution in [2.75, 3.05) is 0 Å². The highest BCUT2D eigenvalue weighted by atomic mass is 19.2. The first kappa shape index (κ1) is 12.2. The third-order valence-electron chi connectivity index (χ3n) is 2.34. The lowest BCUT2D eigenvalue weighted by molar-refractivity contribution is -0.113. The van der Waals surface area contributed by atoms with Crippen LogP contribution in [0.1, 0.15) is 15.9 Å². The van der Waals surface area contributed by atoms with Gasteiger partial charge in [-0.2, -0.15) is 4.39 Å². The van der Waals surface area contributed by atoms with Crippen LogP contribution in [0.15, 0.2) is 5.83 Å². The van der Waals surface area contributed by atoms with Gasteiger partial charge >= 0.3 is 0 Å². The summed E-state index contributed by atoms with van der Waals surface area (Å²) in [6.45, 7) is 0. The van der Waals surface area contributed by atoms with Gasteiger partial charge in [0.05, 0.1) is 11.1 Å². The number of carbonyl (C=O) groups is 2. The number of aliphatic hydroxyl groups is 1. The number of hydrogen-bond acceptors (Lipinski definition) is 3. The second-order valence-corrected chi connectivity index (χ2v) is 3.33. The highest BCUT2D eigenvalue weighted by molar-refractivity contribution is 6.51. The Morgan fingerprint density at radius 2 is 1.11 bits per heavy atom. The van der Waals surface area contributed by atoms with Crippen LogP contribution >= 0.6 is 0 Å². The third kappa shape index (κ3) is 1.28. The largest absolute Gasteiger partial charge is 0.504 e. The summed E-state index contributed by atoms with van der Waals surface area (Å²) in [4.78, 5) is 22.1. The minimum Gasteiger partial charge on any atom is -0.504 e. The Labute approximate surface area is 95.1 Å². The summed E-state index contributed by atoms with van der Waals surface area (Å²) in [5.41, 5.74) is -3.04.